The average Bonchev–Trinajstić information content (AvgIpc) is 2.68. The summed E-state index contributed by atoms with van der Waals surface area (Å²) in [4.78, 5) is 2.12. The molecule has 0 fully saturated rings. The lowest BCUT2D eigenvalue weighted by Gasteiger charge is -2.32. The maximum Gasteiger partial charge on any atom is 0.219 e. The summed E-state index contributed by atoms with van der Waals surface area (Å²) in [5.41, 5.74) is 1.04. The van der Waals surface area contributed by atoms with E-state index in [1.54, 1.807) is 18.2 Å². The summed E-state index contributed by atoms with van der Waals surface area (Å²) >= 11 is 0. The molecule has 0 aromatic heterocycles. The van der Waals surface area contributed by atoms with Crippen LogP contribution in [0, 0.1) is 11.3 Å². The van der Waals surface area contributed by atoms with Crippen LogP contribution in [0.1, 0.15) is 46.0 Å². The van der Waals surface area contributed by atoms with Gasteiger partial charge in [0.25, 0.3) is 0 Å². The van der Waals surface area contributed by atoms with Gasteiger partial charge in [0.2, 0.25) is 10.0 Å². The third-order valence-corrected chi connectivity index (χ3v) is 5.85. The van der Waals surface area contributed by atoms with E-state index in [4.69, 9.17) is 9.88 Å². The standard InChI is InChI=1S/C21H29N3O3S/c1-3-5-12-24(13-6-4-2)19-14-17(16-22)15-20(28(23,25)26)21(19)27-18-10-8-7-9-11-18/h7-11,14,20H,3-6,12-13,15H2,1-2H3,(H2,23,25,26). The lowest BCUT2D eigenvalue weighted by atomic mass is 10.0. The zero-order valence-corrected chi connectivity index (χ0v) is 17.4. The van der Waals surface area contributed by atoms with Crippen molar-refractivity contribution < 1.29 is 13.2 Å². The van der Waals surface area contributed by atoms with Gasteiger partial charge >= 0.3 is 0 Å². The van der Waals surface area contributed by atoms with Crippen LogP contribution in [0.15, 0.2) is 53.4 Å². The van der Waals surface area contributed by atoms with Crippen LogP contribution in [-0.4, -0.2) is 31.7 Å². The molecular weight excluding hydrogens is 374 g/mol. The summed E-state index contributed by atoms with van der Waals surface area (Å²) in [6.45, 7) is 5.75. The highest BCUT2D eigenvalue weighted by Crippen LogP contribution is 2.32. The molecule has 0 saturated carbocycles. The number of benzene rings is 1. The first-order chi connectivity index (χ1) is 13.4. The molecule has 0 saturated heterocycles. The number of nitrogens with zero attached hydrogens (tertiary/aromatic N) is 2. The van der Waals surface area contributed by atoms with Gasteiger partial charge in [-0.15, -0.1) is 0 Å². The van der Waals surface area contributed by atoms with Gasteiger partial charge in [-0.2, -0.15) is 5.26 Å². The van der Waals surface area contributed by atoms with Crippen molar-refractivity contribution in [3.8, 4) is 11.8 Å². The molecule has 2 N–H and O–H groups in total. The summed E-state index contributed by atoms with van der Waals surface area (Å²) in [6, 6.07) is 11.2. The van der Waals surface area contributed by atoms with Crippen LogP contribution in [-0.2, 0) is 10.0 Å². The average molecular weight is 404 g/mol. The van der Waals surface area contributed by atoms with Gasteiger partial charge in [-0.3, -0.25) is 0 Å². The molecular formula is C21H29N3O3S. The zero-order chi connectivity index (χ0) is 20.6. The normalized spacial score (nSPS) is 17.1. The molecule has 0 spiro atoms. The lowest BCUT2D eigenvalue weighted by Crippen LogP contribution is -2.38. The largest absolute Gasteiger partial charge is 0.458 e. The van der Waals surface area contributed by atoms with Crippen LogP contribution in [0.5, 0.6) is 5.75 Å². The Morgan fingerprint density at radius 1 is 1.18 bits per heavy atom. The number of allylic oxidation sites excluding steroid dienone is 2. The Labute approximate surface area is 168 Å². The molecule has 1 atom stereocenters. The van der Waals surface area contributed by atoms with Crippen LogP contribution in [0.2, 0.25) is 0 Å². The van der Waals surface area contributed by atoms with Crippen LogP contribution < -0.4 is 9.88 Å². The Balaban J connectivity index is 2.58. The number of hydrogen-bond acceptors (Lipinski definition) is 5. The highest BCUT2D eigenvalue weighted by molar-refractivity contribution is 7.90. The minimum atomic E-state index is -3.95. The van der Waals surface area contributed by atoms with Crippen LogP contribution >= 0.6 is 0 Å². The van der Waals surface area contributed by atoms with E-state index in [-0.39, 0.29) is 6.42 Å². The van der Waals surface area contributed by atoms with Gasteiger partial charge in [0, 0.05) is 25.1 Å². The Morgan fingerprint density at radius 3 is 2.29 bits per heavy atom. The second-order valence-corrected chi connectivity index (χ2v) is 8.67. The van der Waals surface area contributed by atoms with Crippen molar-refractivity contribution in [2.75, 3.05) is 13.1 Å². The van der Waals surface area contributed by atoms with E-state index in [1.807, 2.05) is 18.2 Å². The maximum atomic E-state index is 12.4. The minimum absolute atomic E-state index is 0.0242. The van der Waals surface area contributed by atoms with Crippen LogP contribution in [0.4, 0.5) is 0 Å². The summed E-state index contributed by atoms with van der Waals surface area (Å²) < 4.78 is 30.8. The SMILES string of the molecule is CCCCN(CCCC)C1=C(Oc2ccccc2)C(S(N)(=O)=O)CC(C#N)=C1. The van der Waals surface area contributed by atoms with Crippen molar-refractivity contribution in [1.29, 1.82) is 5.26 Å². The highest BCUT2D eigenvalue weighted by Gasteiger charge is 2.36. The van der Waals surface area contributed by atoms with Crippen molar-refractivity contribution in [1.82, 2.24) is 4.90 Å². The van der Waals surface area contributed by atoms with E-state index in [2.05, 4.69) is 24.8 Å². The van der Waals surface area contributed by atoms with Crippen LogP contribution in [0.3, 0.4) is 0 Å². The third kappa shape index (κ3) is 5.85. The molecule has 2 rings (SSSR count). The molecule has 1 aliphatic carbocycles. The Hall–Kier alpha value is -2.30. The first-order valence-corrected chi connectivity index (χ1v) is 11.4. The monoisotopic (exact) mass is 403 g/mol. The van der Waals surface area contributed by atoms with E-state index in [9.17, 15) is 13.7 Å². The summed E-state index contributed by atoms with van der Waals surface area (Å²) in [7, 11) is -3.95. The summed E-state index contributed by atoms with van der Waals surface area (Å²) in [6.07, 6.45) is 5.72. The number of sulfonamides is 1. The molecule has 28 heavy (non-hydrogen) atoms. The fraction of sp³-hybridized carbons (Fsp3) is 0.476. The summed E-state index contributed by atoms with van der Waals surface area (Å²) in [5, 5.41) is 13.9. The van der Waals surface area contributed by atoms with Gasteiger partial charge in [0.1, 0.15) is 16.8 Å². The predicted octanol–water partition coefficient (Wildman–Crippen LogP) is 3.69. The molecule has 0 bridgehead atoms. The Bertz CT molecular complexity index is 847. The third-order valence-electron chi connectivity index (χ3n) is 4.68. The molecule has 0 heterocycles. The van der Waals surface area contributed by atoms with Gasteiger partial charge in [-0.1, -0.05) is 44.9 Å². The Morgan fingerprint density at radius 2 is 1.79 bits per heavy atom. The quantitative estimate of drug-likeness (QED) is 0.643. The van der Waals surface area contributed by atoms with Gasteiger partial charge in [0.15, 0.2) is 0 Å². The molecule has 0 amide bonds. The van der Waals surface area contributed by atoms with Crippen molar-refractivity contribution in [2.24, 2.45) is 5.14 Å². The predicted molar refractivity (Wildman–Crippen MR) is 111 cm³/mol. The van der Waals surface area contributed by atoms with Crippen molar-refractivity contribution >= 4 is 10.0 Å². The Kier molecular flexibility index (Phi) is 8.09. The van der Waals surface area contributed by atoms with E-state index >= 15 is 0 Å². The van der Waals surface area contributed by atoms with E-state index in [0.29, 0.717) is 22.8 Å². The highest BCUT2D eigenvalue weighted by atomic mass is 32.2. The summed E-state index contributed by atoms with van der Waals surface area (Å²) in [5.74, 6) is 0.850. The first-order valence-electron chi connectivity index (χ1n) is 9.75. The molecule has 0 aliphatic heterocycles. The van der Waals surface area contributed by atoms with Gasteiger partial charge < -0.3 is 9.64 Å². The van der Waals surface area contributed by atoms with E-state index in [1.165, 1.54) is 0 Å². The van der Waals surface area contributed by atoms with Crippen LogP contribution in [0.25, 0.3) is 0 Å². The number of unbranched alkanes of at least 4 members (excludes halogenated alkanes) is 2. The molecule has 7 heteroatoms. The number of hydrogen-bond donors (Lipinski definition) is 1. The molecule has 1 unspecified atom stereocenters. The fourth-order valence-electron chi connectivity index (χ4n) is 3.13. The number of ether oxygens (including phenoxy) is 1. The van der Waals surface area contributed by atoms with Crippen molar-refractivity contribution in [2.45, 2.75) is 51.2 Å². The molecule has 6 nitrogen and oxygen atoms in total. The molecule has 1 aromatic rings. The van der Waals surface area contributed by atoms with Gasteiger partial charge in [0.05, 0.1) is 11.8 Å². The maximum absolute atomic E-state index is 12.4. The molecule has 0 radical (unpaired) electrons. The molecule has 1 aliphatic rings. The number of rotatable bonds is 10. The van der Waals surface area contributed by atoms with E-state index in [0.717, 1.165) is 38.8 Å². The lowest BCUT2D eigenvalue weighted by molar-refractivity contribution is 0.302. The topological polar surface area (TPSA) is 96.4 Å². The number of nitriles is 1. The van der Waals surface area contributed by atoms with Crippen molar-refractivity contribution in [3.05, 3.63) is 53.4 Å². The second kappa shape index (κ2) is 10.3. The zero-order valence-electron chi connectivity index (χ0n) is 16.6. The molecule has 1 aromatic carbocycles. The fourth-order valence-corrected chi connectivity index (χ4v) is 4.01. The number of nitrogens with two attached hydrogens (primary N) is 1. The van der Waals surface area contributed by atoms with Gasteiger partial charge in [-0.25, -0.2) is 13.6 Å². The van der Waals surface area contributed by atoms with Gasteiger partial charge in [-0.05, 0) is 31.1 Å². The molecule has 152 valence electrons. The minimum Gasteiger partial charge on any atom is -0.458 e. The smallest absolute Gasteiger partial charge is 0.219 e. The number of para-hydroxylation sites is 1. The first kappa shape index (κ1) is 22.0. The van der Waals surface area contributed by atoms with Crippen molar-refractivity contribution in [3.63, 3.8) is 0 Å². The van der Waals surface area contributed by atoms with E-state index < -0.39 is 15.3 Å². The number of primary sulfonamides is 1. The second-order valence-electron chi connectivity index (χ2n) is 6.92.